The Morgan fingerprint density at radius 1 is 1.33 bits per heavy atom. The number of alkyl halides is 1. The van der Waals surface area contributed by atoms with E-state index in [0.717, 1.165) is 31.7 Å². The zero-order chi connectivity index (χ0) is 15.1. The second-order valence-corrected chi connectivity index (χ2v) is 7.05. The summed E-state index contributed by atoms with van der Waals surface area (Å²) in [5.74, 6) is 0.762. The van der Waals surface area contributed by atoms with Gasteiger partial charge in [0.05, 0.1) is 27.1 Å². The van der Waals surface area contributed by atoms with Crippen molar-refractivity contribution in [1.29, 1.82) is 0 Å². The maximum absolute atomic E-state index is 13.7. The van der Waals surface area contributed by atoms with Crippen LogP contribution in [-0.2, 0) is 5.88 Å². The summed E-state index contributed by atoms with van der Waals surface area (Å²) in [5, 5.41) is 0. The van der Waals surface area contributed by atoms with Crippen LogP contribution in [-0.4, -0.2) is 9.55 Å². The van der Waals surface area contributed by atoms with Crippen LogP contribution in [0.2, 0.25) is 0 Å². The van der Waals surface area contributed by atoms with Gasteiger partial charge < -0.3 is 0 Å². The first-order valence-electron chi connectivity index (χ1n) is 6.20. The molecule has 3 aromatic rings. The van der Waals surface area contributed by atoms with Crippen LogP contribution in [0.5, 0.6) is 0 Å². The van der Waals surface area contributed by atoms with Crippen molar-refractivity contribution in [3.8, 4) is 5.69 Å². The average molecular weight is 480 g/mol. The van der Waals surface area contributed by atoms with Gasteiger partial charge in [0.1, 0.15) is 11.6 Å². The van der Waals surface area contributed by atoms with Crippen LogP contribution in [0.15, 0.2) is 34.8 Å². The van der Waals surface area contributed by atoms with Crippen LogP contribution in [0.3, 0.4) is 0 Å². The van der Waals surface area contributed by atoms with Gasteiger partial charge in [0.25, 0.3) is 0 Å². The molecule has 3 rings (SSSR count). The number of hydrogen-bond acceptors (Lipinski definition) is 1. The molecule has 0 amide bonds. The summed E-state index contributed by atoms with van der Waals surface area (Å²) < 4.78 is 17.2. The standard InChI is InChI=1S/C15H10BrClFIN2/c1-8-4-11(18)10(16)6-14(8)21-13-3-2-9(19)5-12(13)20-15(21)7-17/h2-6H,7H2,1H3. The number of imidazole rings is 1. The number of fused-ring (bicyclic) bond motifs is 1. The van der Waals surface area contributed by atoms with Crippen molar-refractivity contribution >= 4 is 61.2 Å². The van der Waals surface area contributed by atoms with Gasteiger partial charge in [-0.25, -0.2) is 9.37 Å². The first kappa shape index (κ1) is 15.2. The fraction of sp³-hybridized carbons (Fsp3) is 0.133. The van der Waals surface area contributed by atoms with E-state index in [4.69, 9.17) is 11.6 Å². The van der Waals surface area contributed by atoms with Crippen LogP contribution in [0, 0.1) is 16.3 Å². The quantitative estimate of drug-likeness (QED) is 0.347. The summed E-state index contributed by atoms with van der Waals surface area (Å²) in [6.45, 7) is 1.88. The van der Waals surface area contributed by atoms with Crippen molar-refractivity contribution in [3.63, 3.8) is 0 Å². The summed E-state index contributed by atoms with van der Waals surface area (Å²) in [7, 11) is 0. The molecule has 0 aliphatic heterocycles. The molecule has 0 aliphatic carbocycles. The lowest BCUT2D eigenvalue weighted by atomic mass is 10.2. The van der Waals surface area contributed by atoms with Crippen LogP contribution in [0.1, 0.15) is 11.4 Å². The summed E-state index contributed by atoms with van der Waals surface area (Å²) in [5.41, 5.74) is 3.56. The SMILES string of the molecule is Cc1cc(F)c(Br)cc1-n1c(CCl)nc2cc(I)ccc21. The van der Waals surface area contributed by atoms with E-state index in [2.05, 4.69) is 43.5 Å². The van der Waals surface area contributed by atoms with E-state index in [-0.39, 0.29) is 5.82 Å². The van der Waals surface area contributed by atoms with Gasteiger partial charge in [0.2, 0.25) is 0 Å². The molecule has 0 spiro atoms. The Labute approximate surface area is 148 Å². The minimum atomic E-state index is -0.275. The summed E-state index contributed by atoms with van der Waals surface area (Å²) >= 11 is 11.5. The summed E-state index contributed by atoms with van der Waals surface area (Å²) in [6.07, 6.45) is 0. The third-order valence-corrected chi connectivity index (χ3v) is 4.80. The van der Waals surface area contributed by atoms with E-state index in [9.17, 15) is 4.39 Å². The van der Waals surface area contributed by atoms with Gasteiger partial charge in [0.15, 0.2) is 0 Å². The van der Waals surface area contributed by atoms with Crippen molar-refractivity contribution < 1.29 is 4.39 Å². The lowest BCUT2D eigenvalue weighted by molar-refractivity contribution is 0.619. The van der Waals surface area contributed by atoms with E-state index >= 15 is 0 Å². The zero-order valence-electron chi connectivity index (χ0n) is 11.0. The number of aromatic nitrogens is 2. The molecular formula is C15H10BrClFIN2. The number of halogens is 4. The third kappa shape index (κ3) is 2.71. The highest BCUT2D eigenvalue weighted by molar-refractivity contribution is 14.1. The van der Waals surface area contributed by atoms with Gasteiger partial charge in [-0.3, -0.25) is 4.57 Å². The van der Waals surface area contributed by atoms with Crippen LogP contribution >= 0.6 is 50.1 Å². The van der Waals surface area contributed by atoms with E-state index in [1.807, 2.05) is 29.7 Å². The molecule has 108 valence electrons. The second kappa shape index (κ2) is 5.85. The Hall–Kier alpha value is -0.660. The van der Waals surface area contributed by atoms with Crippen molar-refractivity contribution in [1.82, 2.24) is 9.55 Å². The lowest BCUT2D eigenvalue weighted by Crippen LogP contribution is -2.02. The molecule has 0 fully saturated rings. The van der Waals surface area contributed by atoms with E-state index in [1.54, 1.807) is 6.07 Å². The molecule has 0 radical (unpaired) electrons. The molecule has 0 bridgehead atoms. The minimum absolute atomic E-state index is 0.275. The third-order valence-electron chi connectivity index (χ3n) is 3.29. The number of rotatable bonds is 2. The van der Waals surface area contributed by atoms with Gasteiger partial charge >= 0.3 is 0 Å². The maximum Gasteiger partial charge on any atom is 0.137 e. The Balaban J connectivity index is 2.36. The van der Waals surface area contributed by atoms with Gasteiger partial charge in [-0.2, -0.15) is 0 Å². The number of benzene rings is 2. The monoisotopic (exact) mass is 478 g/mol. The van der Waals surface area contributed by atoms with E-state index < -0.39 is 0 Å². The molecule has 0 aliphatic rings. The normalized spacial score (nSPS) is 11.3. The molecule has 6 heteroatoms. The predicted molar refractivity (Wildman–Crippen MR) is 95.7 cm³/mol. The second-order valence-electron chi connectivity index (χ2n) is 4.68. The van der Waals surface area contributed by atoms with E-state index in [1.165, 1.54) is 6.07 Å². The van der Waals surface area contributed by atoms with Gasteiger partial charge in [0, 0.05) is 3.57 Å². The van der Waals surface area contributed by atoms with Crippen molar-refractivity contribution in [2.24, 2.45) is 0 Å². The van der Waals surface area contributed by atoms with Gasteiger partial charge in [-0.05, 0) is 81.3 Å². The Kier molecular flexibility index (Phi) is 4.25. The molecule has 0 atom stereocenters. The average Bonchev–Trinajstić information content (AvgIpc) is 2.80. The smallest absolute Gasteiger partial charge is 0.137 e. The number of hydrogen-bond donors (Lipinski definition) is 0. The molecule has 0 unspecified atom stereocenters. The maximum atomic E-state index is 13.7. The molecule has 0 N–H and O–H groups in total. The largest absolute Gasteiger partial charge is 0.295 e. The Morgan fingerprint density at radius 2 is 2.10 bits per heavy atom. The van der Waals surface area contributed by atoms with Crippen LogP contribution in [0.4, 0.5) is 4.39 Å². The lowest BCUT2D eigenvalue weighted by Gasteiger charge is -2.12. The highest BCUT2D eigenvalue weighted by Crippen LogP contribution is 2.29. The number of aryl methyl sites for hydroxylation is 1. The van der Waals surface area contributed by atoms with Crippen molar-refractivity contribution in [3.05, 3.63) is 55.6 Å². The molecular weight excluding hydrogens is 469 g/mol. The number of nitrogens with zero attached hydrogens (tertiary/aromatic N) is 2. The Morgan fingerprint density at radius 3 is 2.81 bits per heavy atom. The van der Waals surface area contributed by atoms with Crippen LogP contribution in [0.25, 0.3) is 16.7 Å². The predicted octanol–water partition coefficient (Wildman–Crippen LogP) is 5.58. The topological polar surface area (TPSA) is 17.8 Å². The van der Waals surface area contributed by atoms with Crippen LogP contribution < -0.4 is 0 Å². The first-order chi connectivity index (χ1) is 10.0. The summed E-state index contributed by atoms with van der Waals surface area (Å²) in [4.78, 5) is 4.58. The zero-order valence-corrected chi connectivity index (χ0v) is 15.5. The molecule has 0 saturated carbocycles. The van der Waals surface area contributed by atoms with Crippen molar-refractivity contribution in [2.45, 2.75) is 12.8 Å². The highest BCUT2D eigenvalue weighted by atomic mass is 127. The van der Waals surface area contributed by atoms with Crippen molar-refractivity contribution in [2.75, 3.05) is 0 Å². The van der Waals surface area contributed by atoms with Gasteiger partial charge in [-0.1, -0.05) is 0 Å². The van der Waals surface area contributed by atoms with E-state index in [0.29, 0.717) is 10.4 Å². The molecule has 1 heterocycles. The molecule has 2 aromatic carbocycles. The fourth-order valence-corrected chi connectivity index (χ4v) is 3.32. The molecule has 2 nitrogen and oxygen atoms in total. The minimum Gasteiger partial charge on any atom is -0.295 e. The summed E-state index contributed by atoms with van der Waals surface area (Å²) in [6, 6.07) is 9.32. The Bertz CT molecular complexity index is 847. The molecule has 1 aromatic heterocycles. The first-order valence-corrected chi connectivity index (χ1v) is 8.60. The fourth-order valence-electron chi connectivity index (χ4n) is 2.34. The van der Waals surface area contributed by atoms with Gasteiger partial charge in [-0.15, -0.1) is 11.6 Å². The molecule has 21 heavy (non-hydrogen) atoms. The molecule has 0 saturated heterocycles. The highest BCUT2D eigenvalue weighted by Gasteiger charge is 2.15.